The van der Waals surface area contributed by atoms with Gasteiger partial charge in [-0.25, -0.2) is 4.79 Å². The lowest BCUT2D eigenvalue weighted by atomic mass is 10.2. The second kappa shape index (κ2) is 3.24. The summed E-state index contributed by atoms with van der Waals surface area (Å²) in [5.41, 5.74) is 1.30. The zero-order valence-electron chi connectivity index (χ0n) is 8.61. The van der Waals surface area contributed by atoms with Crippen LogP contribution in [0.15, 0.2) is 18.2 Å². The third-order valence-electron chi connectivity index (χ3n) is 2.58. The van der Waals surface area contributed by atoms with Crippen molar-refractivity contribution in [3.05, 3.63) is 23.9 Å². The van der Waals surface area contributed by atoms with Crippen LogP contribution in [0, 0.1) is 0 Å². The van der Waals surface area contributed by atoms with Crippen LogP contribution in [0.4, 0.5) is 5.69 Å². The lowest BCUT2D eigenvalue weighted by molar-refractivity contribution is -0.118. The summed E-state index contributed by atoms with van der Waals surface area (Å²) in [6, 6.07) is 4.89. The Bertz CT molecular complexity index is 644. The van der Waals surface area contributed by atoms with E-state index in [1.165, 1.54) is 6.07 Å². The van der Waals surface area contributed by atoms with Crippen molar-refractivity contribution in [2.75, 3.05) is 11.9 Å². The van der Waals surface area contributed by atoms with E-state index in [2.05, 4.69) is 10.3 Å². The average Bonchev–Trinajstić information content (AvgIpc) is 2.68. The molecule has 2 aromatic rings. The minimum atomic E-state index is -1.02. The molecule has 0 bridgehead atoms. The maximum absolute atomic E-state index is 11.1. The number of carbonyl (C=O) groups is 2. The van der Waals surface area contributed by atoms with Crippen LogP contribution in [-0.2, 0) is 4.79 Å². The number of aromatic carboxylic acids is 1. The van der Waals surface area contributed by atoms with E-state index >= 15 is 0 Å². The number of H-pyrrole nitrogens is 1. The molecular formula is C11H8N2O4. The Morgan fingerprint density at radius 1 is 1.35 bits per heavy atom. The van der Waals surface area contributed by atoms with Crippen molar-refractivity contribution in [2.24, 2.45) is 0 Å². The molecule has 0 fully saturated rings. The number of amides is 1. The minimum Gasteiger partial charge on any atom is -0.482 e. The summed E-state index contributed by atoms with van der Waals surface area (Å²) in [6.45, 7) is -0.0191. The Morgan fingerprint density at radius 2 is 2.18 bits per heavy atom. The molecule has 0 atom stereocenters. The maximum atomic E-state index is 11.1. The molecule has 0 aliphatic carbocycles. The summed E-state index contributed by atoms with van der Waals surface area (Å²) in [6.07, 6.45) is 0. The van der Waals surface area contributed by atoms with E-state index in [0.717, 1.165) is 5.39 Å². The number of rotatable bonds is 1. The Kier molecular flexibility index (Phi) is 1.85. The van der Waals surface area contributed by atoms with E-state index in [-0.39, 0.29) is 18.2 Å². The summed E-state index contributed by atoms with van der Waals surface area (Å²) >= 11 is 0. The summed E-state index contributed by atoms with van der Waals surface area (Å²) in [7, 11) is 0. The van der Waals surface area contributed by atoms with Gasteiger partial charge in [0.05, 0.1) is 5.69 Å². The second-order valence-electron chi connectivity index (χ2n) is 3.76. The zero-order valence-corrected chi connectivity index (χ0v) is 8.61. The monoisotopic (exact) mass is 232 g/mol. The quantitative estimate of drug-likeness (QED) is 0.688. The van der Waals surface area contributed by atoms with E-state index < -0.39 is 5.97 Å². The van der Waals surface area contributed by atoms with Crippen LogP contribution in [0.25, 0.3) is 10.9 Å². The van der Waals surface area contributed by atoms with Crippen molar-refractivity contribution in [2.45, 2.75) is 0 Å². The average molecular weight is 232 g/mol. The predicted molar refractivity (Wildman–Crippen MR) is 59.4 cm³/mol. The first-order chi connectivity index (χ1) is 8.13. The highest BCUT2D eigenvalue weighted by molar-refractivity contribution is 6.00. The number of ether oxygens (including phenoxy) is 1. The Morgan fingerprint density at radius 3 is 2.94 bits per heavy atom. The maximum Gasteiger partial charge on any atom is 0.352 e. The first-order valence-electron chi connectivity index (χ1n) is 4.96. The number of carboxylic acids is 1. The minimum absolute atomic E-state index is 0.0191. The predicted octanol–water partition coefficient (Wildman–Crippen LogP) is 1.20. The molecule has 1 amide bonds. The third-order valence-corrected chi connectivity index (χ3v) is 2.58. The molecular weight excluding hydrogens is 224 g/mol. The summed E-state index contributed by atoms with van der Waals surface area (Å²) in [4.78, 5) is 24.7. The first-order valence-corrected chi connectivity index (χ1v) is 4.96. The third kappa shape index (κ3) is 1.50. The Balaban J connectivity index is 2.18. The number of nitrogens with one attached hydrogen (secondary N) is 2. The van der Waals surface area contributed by atoms with Gasteiger partial charge < -0.3 is 20.1 Å². The zero-order chi connectivity index (χ0) is 12.0. The molecule has 2 heterocycles. The number of carboxylic acid groups (broad SMARTS) is 1. The van der Waals surface area contributed by atoms with Crippen LogP contribution in [0.3, 0.4) is 0 Å². The Labute approximate surface area is 95.2 Å². The lowest BCUT2D eigenvalue weighted by Crippen LogP contribution is -2.25. The Hall–Kier alpha value is -2.50. The number of hydrogen-bond acceptors (Lipinski definition) is 3. The molecule has 0 saturated carbocycles. The highest BCUT2D eigenvalue weighted by Gasteiger charge is 2.18. The number of fused-ring (bicyclic) bond motifs is 2. The van der Waals surface area contributed by atoms with Crippen molar-refractivity contribution in [1.29, 1.82) is 0 Å². The SMILES string of the molecule is O=C1COc2cc3cc(C(=O)O)[nH]c3cc2N1. The number of aromatic amines is 1. The molecule has 17 heavy (non-hydrogen) atoms. The normalized spacial score (nSPS) is 14.0. The van der Waals surface area contributed by atoms with Crippen LogP contribution < -0.4 is 10.1 Å². The van der Waals surface area contributed by atoms with Crippen molar-refractivity contribution in [3.8, 4) is 5.75 Å². The summed E-state index contributed by atoms with van der Waals surface area (Å²) in [5, 5.41) is 12.3. The topological polar surface area (TPSA) is 91.4 Å². The summed E-state index contributed by atoms with van der Waals surface area (Å²) < 4.78 is 5.24. The van der Waals surface area contributed by atoms with Gasteiger partial charge in [-0.1, -0.05) is 0 Å². The van der Waals surface area contributed by atoms with Crippen LogP contribution in [-0.4, -0.2) is 28.6 Å². The first kappa shape index (κ1) is 9.71. The smallest absolute Gasteiger partial charge is 0.352 e. The van der Waals surface area contributed by atoms with E-state index in [0.29, 0.717) is 17.0 Å². The largest absolute Gasteiger partial charge is 0.482 e. The van der Waals surface area contributed by atoms with Gasteiger partial charge in [0.2, 0.25) is 0 Å². The molecule has 1 aliphatic heterocycles. The molecule has 0 spiro atoms. The molecule has 0 unspecified atom stereocenters. The standard InChI is InChI=1S/C11H8N2O4/c14-10-4-17-9-2-5-1-8(11(15)16)12-6(5)3-7(9)13-10/h1-3,12H,4H2,(H,13,14)(H,15,16). The van der Waals surface area contributed by atoms with Crippen molar-refractivity contribution in [3.63, 3.8) is 0 Å². The van der Waals surface area contributed by atoms with Gasteiger partial charge in [0.25, 0.3) is 5.91 Å². The van der Waals surface area contributed by atoms with Crippen molar-refractivity contribution < 1.29 is 19.4 Å². The van der Waals surface area contributed by atoms with Gasteiger partial charge in [0, 0.05) is 10.9 Å². The molecule has 3 N–H and O–H groups in total. The fourth-order valence-corrected chi connectivity index (χ4v) is 1.82. The second-order valence-corrected chi connectivity index (χ2v) is 3.76. The summed E-state index contributed by atoms with van der Waals surface area (Å²) in [5.74, 6) is -0.695. The van der Waals surface area contributed by atoms with Gasteiger partial charge in [-0.15, -0.1) is 0 Å². The molecule has 1 aliphatic rings. The van der Waals surface area contributed by atoms with Crippen LogP contribution in [0.5, 0.6) is 5.75 Å². The number of anilines is 1. The molecule has 1 aromatic carbocycles. The van der Waals surface area contributed by atoms with Gasteiger partial charge in [-0.2, -0.15) is 0 Å². The lowest BCUT2D eigenvalue weighted by Gasteiger charge is -2.17. The number of carbonyl (C=O) groups excluding carboxylic acids is 1. The highest BCUT2D eigenvalue weighted by atomic mass is 16.5. The van der Waals surface area contributed by atoms with E-state index in [1.807, 2.05) is 0 Å². The van der Waals surface area contributed by atoms with Crippen LogP contribution >= 0.6 is 0 Å². The fourth-order valence-electron chi connectivity index (χ4n) is 1.82. The molecule has 0 saturated heterocycles. The number of hydrogen-bond donors (Lipinski definition) is 3. The van der Waals surface area contributed by atoms with Gasteiger partial charge in [0.15, 0.2) is 6.61 Å². The van der Waals surface area contributed by atoms with E-state index in [9.17, 15) is 9.59 Å². The van der Waals surface area contributed by atoms with E-state index in [4.69, 9.17) is 9.84 Å². The van der Waals surface area contributed by atoms with Crippen LogP contribution in [0.1, 0.15) is 10.5 Å². The van der Waals surface area contributed by atoms with Gasteiger partial charge in [-0.05, 0) is 18.2 Å². The van der Waals surface area contributed by atoms with Gasteiger partial charge >= 0.3 is 5.97 Å². The van der Waals surface area contributed by atoms with Crippen molar-refractivity contribution >= 4 is 28.5 Å². The van der Waals surface area contributed by atoms with Gasteiger partial charge in [-0.3, -0.25) is 4.79 Å². The van der Waals surface area contributed by atoms with Crippen molar-refractivity contribution in [1.82, 2.24) is 4.98 Å². The van der Waals surface area contributed by atoms with Crippen LogP contribution in [0.2, 0.25) is 0 Å². The van der Waals surface area contributed by atoms with Gasteiger partial charge in [0.1, 0.15) is 11.4 Å². The molecule has 1 aromatic heterocycles. The highest BCUT2D eigenvalue weighted by Crippen LogP contribution is 2.32. The number of benzene rings is 1. The molecule has 3 rings (SSSR count). The number of aromatic nitrogens is 1. The molecule has 6 nitrogen and oxygen atoms in total. The molecule has 6 heteroatoms. The molecule has 0 radical (unpaired) electrons. The van der Waals surface area contributed by atoms with E-state index in [1.54, 1.807) is 12.1 Å². The fraction of sp³-hybridized carbons (Fsp3) is 0.0909. The molecule has 86 valence electrons.